The van der Waals surface area contributed by atoms with Gasteiger partial charge >= 0.3 is 11.4 Å². The van der Waals surface area contributed by atoms with E-state index in [1.54, 1.807) is 4.57 Å². The molecule has 2 aromatic heterocycles. The number of benzene rings is 2. The SMILES string of the molecule is CCCCc1nc(=O)n(C)c(=O)n1Cc1c(-c2ccccc2)cccc1-c1nn[nH]n1. The fourth-order valence-corrected chi connectivity index (χ4v) is 3.59. The summed E-state index contributed by atoms with van der Waals surface area (Å²) in [5, 5.41) is 14.5. The smallest absolute Gasteiger partial charge is 0.277 e. The van der Waals surface area contributed by atoms with Crippen molar-refractivity contribution in [1.29, 1.82) is 0 Å². The molecule has 2 heterocycles. The summed E-state index contributed by atoms with van der Waals surface area (Å²) in [7, 11) is 1.45. The van der Waals surface area contributed by atoms with Crippen molar-refractivity contribution in [3.05, 3.63) is 80.9 Å². The van der Waals surface area contributed by atoms with Gasteiger partial charge in [0, 0.05) is 19.0 Å². The van der Waals surface area contributed by atoms with Gasteiger partial charge in [0.15, 0.2) is 0 Å². The Morgan fingerprint density at radius 3 is 2.48 bits per heavy atom. The maximum absolute atomic E-state index is 13.1. The van der Waals surface area contributed by atoms with E-state index in [-0.39, 0.29) is 6.54 Å². The van der Waals surface area contributed by atoms with Gasteiger partial charge in [-0.1, -0.05) is 61.9 Å². The first-order chi connectivity index (χ1) is 15.1. The molecule has 0 unspecified atom stereocenters. The zero-order valence-electron chi connectivity index (χ0n) is 17.4. The maximum atomic E-state index is 13.1. The van der Waals surface area contributed by atoms with Crippen LogP contribution in [-0.2, 0) is 20.0 Å². The van der Waals surface area contributed by atoms with Crippen LogP contribution in [0, 0.1) is 0 Å². The monoisotopic (exact) mass is 417 g/mol. The van der Waals surface area contributed by atoms with Crippen molar-refractivity contribution in [3.8, 4) is 22.5 Å². The molecule has 0 aliphatic carbocycles. The van der Waals surface area contributed by atoms with Crippen molar-refractivity contribution in [1.82, 2.24) is 34.7 Å². The number of hydrogen-bond acceptors (Lipinski definition) is 6. The van der Waals surface area contributed by atoms with E-state index in [4.69, 9.17) is 0 Å². The molecule has 2 aromatic carbocycles. The fourth-order valence-electron chi connectivity index (χ4n) is 3.59. The molecule has 0 spiro atoms. The van der Waals surface area contributed by atoms with Crippen LogP contribution in [0.25, 0.3) is 22.5 Å². The number of unbranched alkanes of at least 4 members (excludes halogenated alkanes) is 1. The van der Waals surface area contributed by atoms with Gasteiger partial charge in [0.05, 0.1) is 6.54 Å². The lowest BCUT2D eigenvalue weighted by atomic mass is 9.94. The third-order valence-corrected chi connectivity index (χ3v) is 5.26. The van der Waals surface area contributed by atoms with Crippen LogP contribution in [0.3, 0.4) is 0 Å². The Balaban J connectivity index is 1.94. The number of aryl methyl sites for hydroxylation is 1. The highest BCUT2D eigenvalue weighted by molar-refractivity contribution is 5.76. The van der Waals surface area contributed by atoms with E-state index in [1.807, 2.05) is 48.5 Å². The van der Waals surface area contributed by atoms with Gasteiger partial charge in [-0.2, -0.15) is 10.2 Å². The quantitative estimate of drug-likeness (QED) is 0.493. The van der Waals surface area contributed by atoms with E-state index in [9.17, 15) is 9.59 Å². The third kappa shape index (κ3) is 4.07. The van der Waals surface area contributed by atoms with Gasteiger partial charge in [-0.3, -0.25) is 4.57 Å². The fraction of sp³-hybridized carbons (Fsp3) is 0.273. The van der Waals surface area contributed by atoms with Crippen LogP contribution in [0.5, 0.6) is 0 Å². The number of tetrazole rings is 1. The first-order valence-electron chi connectivity index (χ1n) is 10.2. The molecule has 4 rings (SSSR count). The Hall–Kier alpha value is -3.88. The highest BCUT2D eigenvalue weighted by Crippen LogP contribution is 2.31. The van der Waals surface area contributed by atoms with Crippen molar-refractivity contribution in [2.45, 2.75) is 32.7 Å². The Labute approximate surface area is 178 Å². The lowest BCUT2D eigenvalue weighted by molar-refractivity contribution is 0.559. The molecule has 1 N–H and O–H groups in total. The predicted molar refractivity (Wildman–Crippen MR) is 117 cm³/mol. The topological polar surface area (TPSA) is 111 Å². The predicted octanol–water partition coefficient (Wildman–Crippen LogP) is 2.18. The van der Waals surface area contributed by atoms with Crippen molar-refractivity contribution < 1.29 is 0 Å². The Morgan fingerprint density at radius 1 is 1.00 bits per heavy atom. The summed E-state index contributed by atoms with van der Waals surface area (Å²) in [6, 6.07) is 15.7. The highest BCUT2D eigenvalue weighted by atomic mass is 16.2. The molecule has 0 aliphatic heterocycles. The van der Waals surface area contributed by atoms with Crippen molar-refractivity contribution in [2.24, 2.45) is 7.05 Å². The van der Waals surface area contributed by atoms with Crippen LogP contribution in [0.2, 0.25) is 0 Å². The molecule has 0 aliphatic rings. The highest BCUT2D eigenvalue weighted by Gasteiger charge is 2.18. The summed E-state index contributed by atoms with van der Waals surface area (Å²) in [6.07, 6.45) is 2.31. The summed E-state index contributed by atoms with van der Waals surface area (Å²) in [5.74, 6) is 0.922. The molecule has 0 amide bonds. The van der Waals surface area contributed by atoms with Gasteiger partial charge in [0.1, 0.15) is 5.82 Å². The molecular formula is C22H23N7O2. The van der Waals surface area contributed by atoms with E-state index >= 15 is 0 Å². The minimum Gasteiger partial charge on any atom is -0.277 e. The van der Waals surface area contributed by atoms with E-state index in [2.05, 4.69) is 32.5 Å². The van der Waals surface area contributed by atoms with Crippen LogP contribution < -0.4 is 11.4 Å². The minimum absolute atomic E-state index is 0.230. The molecule has 0 bridgehead atoms. The zero-order valence-corrected chi connectivity index (χ0v) is 17.4. The van der Waals surface area contributed by atoms with Crippen LogP contribution in [0.4, 0.5) is 0 Å². The first kappa shape index (κ1) is 20.4. The van der Waals surface area contributed by atoms with Crippen LogP contribution in [0.1, 0.15) is 31.2 Å². The normalized spacial score (nSPS) is 11.0. The van der Waals surface area contributed by atoms with E-state index in [0.717, 1.165) is 39.7 Å². The second kappa shape index (κ2) is 8.86. The van der Waals surface area contributed by atoms with Crippen molar-refractivity contribution >= 4 is 0 Å². The summed E-state index contributed by atoms with van der Waals surface area (Å²) in [6.45, 7) is 2.29. The standard InChI is InChI=1S/C22H23N7O2/c1-3-4-13-19-23-21(30)28(2)22(31)29(19)14-18-16(15-9-6-5-7-10-15)11-8-12-17(18)20-24-26-27-25-20/h5-12H,3-4,13-14H2,1-2H3,(H,24,25,26,27). The van der Waals surface area contributed by atoms with Gasteiger partial charge in [0.2, 0.25) is 5.82 Å². The number of aromatic nitrogens is 7. The molecule has 0 saturated carbocycles. The minimum atomic E-state index is -0.540. The molecule has 31 heavy (non-hydrogen) atoms. The van der Waals surface area contributed by atoms with Gasteiger partial charge in [-0.15, -0.1) is 10.2 Å². The largest absolute Gasteiger partial charge is 0.353 e. The van der Waals surface area contributed by atoms with Crippen LogP contribution in [-0.4, -0.2) is 34.7 Å². The number of nitrogens with one attached hydrogen (secondary N) is 1. The van der Waals surface area contributed by atoms with E-state index in [0.29, 0.717) is 18.1 Å². The lowest BCUT2D eigenvalue weighted by Gasteiger charge is -2.17. The van der Waals surface area contributed by atoms with E-state index in [1.165, 1.54) is 7.05 Å². The molecule has 158 valence electrons. The second-order valence-electron chi connectivity index (χ2n) is 7.28. The second-order valence-corrected chi connectivity index (χ2v) is 7.28. The van der Waals surface area contributed by atoms with Gasteiger partial charge in [-0.05, 0) is 28.3 Å². The Morgan fingerprint density at radius 2 is 1.77 bits per heavy atom. The molecule has 0 fully saturated rings. The van der Waals surface area contributed by atoms with Crippen molar-refractivity contribution in [2.75, 3.05) is 0 Å². The zero-order chi connectivity index (χ0) is 21.8. The average molecular weight is 417 g/mol. The summed E-state index contributed by atoms with van der Waals surface area (Å²) in [5.41, 5.74) is 2.64. The third-order valence-electron chi connectivity index (χ3n) is 5.26. The number of nitrogens with zero attached hydrogens (tertiary/aromatic N) is 6. The average Bonchev–Trinajstić information content (AvgIpc) is 3.33. The molecule has 0 radical (unpaired) electrons. The molecule has 0 saturated heterocycles. The first-order valence-corrected chi connectivity index (χ1v) is 10.2. The number of H-pyrrole nitrogens is 1. The van der Waals surface area contributed by atoms with Gasteiger partial charge < -0.3 is 0 Å². The molecule has 9 nitrogen and oxygen atoms in total. The Kier molecular flexibility index (Phi) is 5.83. The van der Waals surface area contributed by atoms with Gasteiger partial charge in [0.25, 0.3) is 0 Å². The number of aromatic amines is 1. The molecule has 4 aromatic rings. The van der Waals surface area contributed by atoms with Crippen molar-refractivity contribution in [3.63, 3.8) is 0 Å². The summed E-state index contributed by atoms with van der Waals surface area (Å²) in [4.78, 5) is 29.4. The molecule has 9 heteroatoms. The molecule has 0 atom stereocenters. The van der Waals surface area contributed by atoms with Gasteiger partial charge in [-0.25, -0.2) is 14.2 Å². The van der Waals surface area contributed by atoms with E-state index < -0.39 is 11.4 Å². The maximum Gasteiger partial charge on any atom is 0.353 e. The summed E-state index contributed by atoms with van der Waals surface area (Å²) >= 11 is 0. The number of rotatable bonds is 7. The number of hydrogen-bond donors (Lipinski definition) is 1. The van der Waals surface area contributed by atoms with Crippen LogP contribution >= 0.6 is 0 Å². The lowest BCUT2D eigenvalue weighted by Crippen LogP contribution is -2.42. The van der Waals surface area contributed by atoms with Crippen LogP contribution in [0.15, 0.2) is 58.1 Å². The Bertz CT molecular complexity index is 1290. The summed E-state index contributed by atoms with van der Waals surface area (Å²) < 4.78 is 2.61. The molecular weight excluding hydrogens is 394 g/mol.